The molecule has 2 aromatic rings. The highest BCUT2D eigenvalue weighted by Gasteiger charge is 2.32. The van der Waals surface area contributed by atoms with E-state index < -0.39 is 6.36 Å². The predicted octanol–water partition coefficient (Wildman–Crippen LogP) is 4.67. The standard InChI is InChI=1S/C18H20F3N3O2.HI/c1-2-25-12-14-9-7-13(8-10-14)11-23-17(22)24-15-5-3-4-6-16(15)26-18(19,20)21;/h3-10H,2,11-12H2,1H3,(H3,22,23,24);1H. The van der Waals surface area contributed by atoms with Gasteiger partial charge in [0, 0.05) is 6.61 Å². The number of aliphatic imine (C=N–C) groups is 1. The lowest BCUT2D eigenvalue weighted by Gasteiger charge is -2.14. The number of ether oxygens (including phenoxy) is 2. The molecule has 5 nitrogen and oxygen atoms in total. The lowest BCUT2D eigenvalue weighted by molar-refractivity contribution is -0.274. The van der Waals surface area contributed by atoms with Crippen molar-refractivity contribution in [1.29, 1.82) is 0 Å². The molecule has 0 heterocycles. The first-order chi connectivity index (χ1) is 12.4. The topological polar surface area (TPSA) is 68.9 Å². The summed E-state index contributed by atoms with van der Waals surface area (Å²) >= 11 is 0. The molecule has 0 radical (unpaired) electrons. The van der Waals surface area contributed by atoms with E-state index in [-0.39, 0.29) is 47.9 Å². The average molecular weight is 495 g/mol. The molecule has 9 heteroatoms. The van der Waals surface area contributed by atoms with Crippen molar-refractivity contribution in [3.63, 3.8) is 0 Å². The molecule has 0 saturated carbocycles. The van der Waals surface area contributed by atoms with Gasteiger partial charge in [-0.15, -0.1) is 37.1 Å². The maximum Gasteiger partial charge on any atom is 0.573 e. The molecule has 0 atom stereocenters. The number of hydrogen-bond donors (Lipinski definition) is 2. The second kappa shape index (κ2) is 11.0. The Balaban J connectivity index is 0.00000364. The van der Waals surface area contributed by atoms with Gasteiger partial charge in [0.2, 0.25) is 0 Å². The van der Waals surface area contributed by atoms with Crippen LogP contribution in [-0.2, 0) is 17.9 Å². The molecule has 0 spiro atoms. The summed E-state index contributed by atoms with van der Waals surface area (Å²) in [6.45, 7) is 3.40. The zero-order valence-electron chi connectivity index (χ0n) is 14.6. The normalized spacial score (nSPS) is 11.6. The van der Waals surface area contributed by atoms with Crippen LogP contribution < -0.4 is 15.8 Å². The smallest absolute Gasteiger partial charge is 0.404 e. The van der Waals surface area contributed by atoms with Crippen LogP contribution >= 0.6 is 24.0 Å². The zero-order valence-corrected chi connectivity index (χ0v) is 17.0. The highest BCUT2D eigenvalue weighted by Crippen LogP contribution is 2.29. The van der Waals surface area contributed by atoms with E-state index in [2.05, 4.69) is 15.0 Å². The van der Waals surface area contributed by atoms with Gasteiger partial charge < -0.3 is 20.5 Å². The Morgan fingerprint density at radius 3 is 2.33 bits per heavy atom. The number of halogens is 4. The number of nitrogens with zero attached hydrogens (tertiary/aromatic N) is 1. The van der Waals surface area contributed by atoms with Gasteiger partial charge in [-0.3, -0.25) is 0 Å². The lowest BCUT2D eigenvalue weighted by Crippen LogP contribution is -2.24. The molecule has 2 aromatic carbocycles. The fraction of sp³-hybridized carbons (Fsp3) is 0.278. The number of para-hydroxylation sites is 2. The first-order valence-corrected chi connectivity index (χ1v) is 7.94. The van der Waals surface area contributed by atoms with Crippen molar-refractivity contribution in [2.24, 2.45) is 10.7 Å². The minimum absolute atomic E-state index is 0. The largest absolute Gasteiger partial charge is 0.573 e. The third-order valence-corrected chi connectivity index (χ3v) is 3.30. The van der Waals surface area contributed by atoms with Gasteiger partial charge in [0.1, 0.15) is 0 Å². The van der Waals surface area contributed by atoms with Crippen LogP contribution in [0.5, 0.6) is 5.75 Å². The van der Waals surface area contributed by atoms with Crippen molar-refractivity contribution in [3.05, 3.63) is 59.7 Å². The highest BCUT2D eigenvalue weighted by atomic mass is 127. The first kappa shape index (κ1) is 23.0. The van der Waals surface area contributed by atoms with Crippen LogP contribution in [-0.4, -0.2) is 18.9 Å². The van der Waals surface area contributed by atoms with Gasteiger partial charge in [-0.1, -0.05) is 36.4 Å². The first-order valence-electron chi connectivity index (χ1n) is 7.94. The van der Waals surface area contributed by atoms with Crippen LogP contribution in [0.2, 0.25) is 0 Å². The average Bonchev–Trinajstić information content (AvgIpc) is 2.59. The molecule has 0 aliphatic carbocycles. The second-order valence-electron chi connectivity index (χ2n) is 5.32. The molecule has 0 saturated heterocycles. The van der Waals surface area contributed by atoms with Gasteiger partial charge in [0.15, 0.2) is 11.7 Å². The number of hydrogen-bond acceptors (Lipinski definition) is 3. The van der Waals surface area contributed by atoms with E-state index in [1.54, 1.807) is 6.07 Å². The van der Waals surface area contributed by atoms with Crippen molar-refractivity contribution < 1.29 is 22.6 Å². The van der Waals surface area contributed by atoms with Crippen molar-refractivity contribution in [2.45, 2.75) is 26.4 Å². The fourth-order valence-electron chi connectivity index (χ4n) is 2.10. The number of nitrogens with two attached hydrogens (primary N) is 1. The second-order valence-corrected chi connectivity index (χ2v) is 5.32. The third kappa shape index (κ3) is 8.48. The molecule has 0 aliphatic heterocycles. The minimum atomic E-state index is -4.78. The molecule has 0 unspecified atom stereocenters. The molecule has 0 aromatic heterocycles. The summed E-state index contributed by atoms with van der Waals surface area (Å²) in [7, 11) is 0. The van der Waals surface area contributed by atoms with Crippen molar-refractivity contribution >= 4 is 35.6 Å². The summed E-state index contributed by atoms with van der Waals surface area (Å²) < 4.78 is 46.5. The lowest BCUT2D eigenvalue weighted by atomic mass is 10.1. The molecule has 2 rings (SSSR count). The van der Waals surface area contributed by atoms with Crippen molar-refractivity contribution in [2.75, 3.05) is 11.9 Å². The monoisotopic (exact) mass is 495 g/mol. The number of nitrogens with one attached hydrogen (secondary N) is 1. The summed E-state index contributed by atoms with van der Waals surface area (Å²) in [4.78, 5) is 4.13. The quantitative estimate of drug-likeness (QED) is 0.333. The van der Waals surface area contributed by atoms with Crippen LogP contribution in [0.4, 0.5) is 18.9 Å². The van der Waals surface area contributed by atoms with E-state index in [0.29, 0.717) is 13.2 Å². The Labute approximate surface area is 172 Å². The van der Waals surface area contributed by atoms with Crippen LogP contribution in [0.15, 0.2) is 53.5 Å². The van der Waals surface area contributed by atoms with Crippen LogP contribution in [0.3, 0.4) is 0 Å². The third-order valence-electron chi connectivity index (χ3n) is 3.30. The van der Waals surface area contributed by atoms with Gasteiger partial charge >= 0.3 is 6.36 Å². The number of rotatable bonds is 7. The van der Waals surface area contributed by atoms with E-state index in [1.165, 1.54) is 18.2 Å². The molecule has 0 amide bonds. The molecule has 0 bridgehead atoms. The summed E-state index contributed by atoms with van der Waals surface area (Å²) in [6, 6.07) is 13.3. The number of benzene rings is 2. The number of anilines is 1. The molecular formula is C18H21F3IN3O2. The number of alkyl halides is 3. The summed E-state index contributed by atoms with van der Waals surface area (Å²) in [5.41, 5.74) is 7.80. The molecule has 0 aliphatic rings. The Morgan fingerprint density at radius 2 is 1.70 bits per heavy atom. The maximum absolute atomic E-state index is 12.4. The SMILES string of the molecule is CCOCc1ccc(CN=C(N)Nc2ccccc2OC(F)(F)F)cc1.I. The van der Waals surface area contributed by atoms with E-state index in [9.17, 15) is 13.2 Å². The van der Waals surface area contributed by atoms with E-state index in [0.717, 1.165) is 11.1 Å². The molecular weight excluding hydrogens is 474 g/mol. The van der Waals surface area contributed by atoms with Gasteiger partial charge in [-0.25, -0.2) is 4.99 Å². The van der Waals surface area contributed by atoms with Crippen LogP contribution in [0, 0.1) is 0 Å². The van der Waals surface area contributed by atoms with Gasteiger partial charge in [-0.2, -0.15) is 0 Å². The van der Waals surface area contributed by atoms with E-state index in [4.69, 9.17) is 10.5 Å². The van der Waals surface area contributed by atoms with Gasteiger partial charge in [0.25, 0.3) is 0 Å². The van der Waals surface area contributed by atoms with Gasteiger partial charge in [0.05, 0.1) is 18.8 Å². The Bertz CT molecular complexity index is 737. The fourth-order valence-corrected chi connectivity index (χ4v) is 2.10. The number of guanidine groups is 1. The Hall–Kier alpha value is -2.01. The molecule has 0 fully saturated rings. The van der Waals surface area contributed by atoms with Crippen LogP contribution in [0.25, 0.3) is 0 Å². The Kier molecular flexibility index (Phi) is 9.36. The predicted molar refractivity (Wildman–Crippen MR) is 109 cm³/mol. The minimum Gasteiger partial charge on any atom is -0.404 e. The molecule has 148 valence electrons. The summed E-state index contributed by atoms with van der Waals surface area (Å²) in [6.07, 6.45) is -4.78. The van der Waals surface area contributed by atoms with E-state index in [1.807, 2.05) is 31.2 Å². The molecule has 3 N–H and O–H groups in total. The maximum atomic E-state index is 12.4. The molecule has 27 heavy (non-hydrogen) atoms. The van der Waals surface area contributed by atoms with Gasteiger partial charge in [-0.05, 0) is 30.2 Å². The Morgan fingerprint density at radius 1 is 1.07 bits per heavy atom. The highest BCUT2D eigenvalue weighted by molar-refractivity contribution is 14.0. The van der Waals surface area contributed by atoms with Crippen molar-refractivity contribution in [3.8, 4) is 5.75 Å². The van der Waals surface area contributed by atoms with Crippen LogP contribution in [0.1, 0.15) is 18.1 Å². The zero-order chi connectivity index (χ0) is 19.0. The van der Waals surface area contributed by atoms with Crippen molar-refractivity contribution in [1.82, 2.24) is 0 Å². The van der Waals surface area contributed by atoms with E-state index >= 15 is 0 Å². The summed E-state index contributed by atoms with van der Waals surface area (Å²) in [5, 5.41) is 2.63. The summed E-state index contributed by atoms with van der Waals surface area (Å²) in [5.74, 6) is -0.389.